The van der Waals surface area contributed by atoms with Crippen LogP contribution < -0.4 is 9.47 Å². The van der Waals surface area contributed by atoms with Crippen molar-refractivity contribution in [2.24, 2.45) is 0 Å². The fourth-order valence-electron chi connectivity index (χ4n) is 5.38. The molecule has 7 nitrogen and oxygen atoms in total. The zero-order chi connectivity index (χ0) is 34.7. The minimum absolute atomic E-state index is 0.0691. The lowest BCUT2D eigenvalue weighted by atomic mass is 9.95. The van der Waals surface area contributed by atoms with Crippen molar-refractivity contribution in [1.29, 1.82) is 0 Å². The van der Waals surface area contributed by atoms with Crippen molar-refractivity contribution in [3.63, 3.8) is 0 Å². The van der Waals surface area contributed by atoms with Gasteiger partial charge in [0.1, 0.15) is 17.6 Å². The Kier molecular flexibility index (Phi) is 16.7. The number of benzene rings is 2. The molecule has 1 fully saturated rings. The number of esters is 1. The summed E-state index contributed by atoms with van der Waals surface area (Å²) in [7, 11) is 3.28. The second kappa shape index (κ2) is 20.9. The van der Waals surface area contributed by atoms with Gasteiger partial charge in [0.25, 0.3) is 0 Å². The number of carbonyl (C=O) groups is 1. The van der Waals surface area contributed by atoms with Crippen LogP contribution in [-0.4, -0.2) is 51.2 Å². The predicted molar refractivity (Wildman–Crippen MR) is 192 cm³/mol. The Bertz CT molecular complexity index is 1400. The molecular formula is C41H52O7. The highest BCUT2D eigenvalue weighted by Crippen LogP contribution is 2.27. The molecule has 1 unspecified atom stereocenters. The van der Waals surface area contributed by atoms with Gasteiger partial charge in [0.15, 0.2) is 0 Å². The lowest BCUT2D eigenvalue weighted by Gasteiger charge is -2.30. The molecule has 0 radical (unpaired) electrons. The van der Waals surface area contributed by atoms with Gasteiger partial charge in [-0.3, -0.25) is 0 Å². The molecule has 1 aliphatic rings. The van der Waals surface area contributed by atoms with E-state index >= 15 is 0 Å². The number of methoxy groups -OCH3 is 2. The second-order valence-corrected chi connectivity index (χ2v) is 12.1. The van der Waals surface area contributed by atoms with Crippen LogP contribution in [0.2, 0.25) is 0 Å². The van der Waals surface area contributed by atoms with Crippen LogP contribution in [-0.2, 0) is 37.0 Å². The summed E-state index contributed by atoms with van der Waals surface area (Å²) in [5, 5.41) is 0. The zero-order valence-corrected chi connectivity index (χ0v) is 29.0. The molecule has 0 amide bonds. The number of rotatable bonds is 20. The van der Waals surface area contributed by atoms with E-state index in [-0.39, 0.29) is 24.9 Å². The van der Waals surface area contributed by atoms with Crippen molar-refractivity contribution in [2.75, 3.05) is 20.8 Å². The summed E-state index contributed by atoms with van der Waals surface area (Å²) in [6.45, 7) is 17.1. The lowest BCUT2D eigenvalue weighted by molar-refractivity contribution is -0.146. The number of allylic oxidation sites excluding steroid dienone is 2. The molecule has 2 aromatic carbocycles. The van der Waals surface area contributed by atoms with E-state index in [1.165, 1.54) is 11.6 Å². The minimum atomic E-state index is -0.478. The van der Waals surface area contributed by atoms with Crippen LogP contribution in [0.4, 0.5) is 0 Å². The van der Waals surface area contributed by atoms with Crippen molar-refractivity contribution in [2.45, 2.75) is 83.6 Å². The van der Waals surface area contributed by atoms with Crippen LogP contribution in [0, 0.1) is 0 Å². The van der Waals surface area contributed by atoms with E-state index in [4.69, 9.17) is 28.4 Å². The molecule has 0 aliphatic carbocycles. The van der Waals surface area contributed by atoms with E-state index in [0.29, 0.717) is 26.1 Å². The van der Waals surface area contributed by atoms with Gasteiger partial charge in [-0.25, -0.2) is 4.79 Å². The third-order valence-corrected chi connectivity index (χ3v) is 7.86. The summed E-state index contributed by atoms with van der Waals surface area (Å²) in [5.41, 5.74) is 5.32. The molecule has 0 aromatic heterocycles. The van der Waals surface area contributed by atoms with Gasteiger partial charge in [-0.15, -0.1) is 13.2 Å². The fourth-order valence-corrected chi connectivity index (χ4v) is 5.38. The van der Waals surface area contributed by atoms with Crippen molar-refractivity contribution in [1.82, 2.24) is 0 Å². The number of hydrogen-bond acceptors (Lipinski definition) is 7. The fraction of sp³-hybridized carbons (Fsp3) is 0.390. The van der Waals surface area contributed by atoms with Gasteiger partial charge in [-0.05, 0) is 74.9 Å². The summed E-state index contributed by atoms with van der Waals surface area (Å²) >= 11 is 0. The first-order chi connectivity index (χ1) is 23.2. The van der Waals surface area contributed by atoms with E-state index in [1.807, 2.05) is 74.5 Å². The Labute approximate surface area is 287 Å². The maximum Gasteiger partial charge on any atom is 0.331 e. The highest BCUT2D eigenvalue weighted by Gasteiger charge is 2.23. The highest BCUT2D eigenvalue weighted by molar-refractivity contribution is 5.82. The van der Waals surface area contributed by atoms with Crippen LogP contribution in [0.15, 0.2) is 121 Å². The maximum atomic E-state index is 12.9. The maximum absolute atomic E-state index is 12.9. The van der Waals surface area contributed by atoms with Crippen molar-refractivity contribution >= 4 is 5.97 Å². The SMILES string of the molecule is C=CC[C@H]1CC(=C)C[C@@H](/C=C(\C)C[C@@H](COCc2ccc(OC)cc2)OC(=O)/C=C/C=C(/C)CC(C=C)OCc2ccc(OC)cc2)O1. The largest absolute Gasteiger partial charge is 0.497 e. The molecule has 0 bridgehead atoms. The summed E-state index contributed by atoms with van der Waals surface area (Å²) in [6, 6.07) is 15.5. The van der Waals surface area contributed by atoms with Crippen molar-refractivity contribution < 1.29 is 33.2 Å². The van der Waals surface area contributed by atoms with Crippen LogP contribution in [0.25, 0.3) is 0 Å². The number of carbonyl (C=O) groups excluding carboxylic acids is 1. The standard InChI is InChI=1S/C41H52O7/c1-8-11-38-23-31(4)24-39(47-38)25-32(5)26-40(29-45-27-33-14-18-36(43-6)19-15-33)48-41(42)13-10-12-30(3)22-35(9-2)46-28-34-16-20-37(44-7)21-17-34/h8-10,12-21,25,35,38-40H,1-2,4,11,22-24,26-29H2,3,5-7H3/b13-10+,30-12-,32-25+/t35?,38-,39-,40-/m0/s1. The molecule has 2 aromatic rings. The number of hydrogen-bond donors (Lipinski definition) is 0. The molecule has 1 aliphatic heterocycles. The van der Waals surface area contributed by atoms with Crippen LogP contribution in [0.3, 0.4) is 0 Å². The summed E-state index contributed by atoms with van der Waals surface area (Å²) in [5.74, 6) is 1.15. The molecular weight excluding hydrogens is 604 g/mol. The van der Waals surface area contributed by atoms with Gasteiger partial charge < -0.3 is 28.4 Å². The average Bonchev–Trinajstić information content (AvgIpc) is 3.07. The van der Waals surface area contributed by atoms with Gasteiger partial charge in [-0.2, -0.15) is 0 Å². The molecule has 1 heterocycles. The molecule has 1 saturated heterocycles. The van der Waals surface area contributed by atoms with Crippen molar-refractivity contribution in [3.05, 3.63) is 133 Å². The topological polar surface area (TPSA) is 72.5 Å². The van der Waals surface area contributed by atoms with Gasteiger partial charge in [0.05, 0.1) is 52.4 Å². The van der Waals surface area contributed by atoms with E-state index in [9.17, 15) is 4.79 Å². The van der Waals surface area contributed by atoms with Crippen LogP contribution >= 0.6 is 0 Å². The Morgan fingerprint density at radius 1 is 0.917 bits per heavy atom. The average molecular weight is 657 g/mol. The Morgan fingerprint density at radius 3 is 2.17 bits per heavy atom. The smallest absolute Gasteiger partial charge is 0.331 e. The summed E-state index contributed by atoms with van der Waals surface area (Å²) in [4.78, 5) is 12.9. The van der Waals surface area contributed by atoms with E-state index < -0.39 is 12.1 Å². The minimum Gasteiger partial charge on any atom is -0.497 e. The summed E-state index contributed by atoms with van der Waals surface area (Å²) < 4.78 is 34.7. The summed E-state index contributed by atoms with van der Waals surface area (Å²) in [6.07, 6.45) is 13.8. The molecule has 4 atom stereocenters. The molecule has 3 rings (SSSR count). The van der Waals surface area contributed by atoms with E-state index in [0.717, 1.165) is 53.0 Å². The van der Waals surface area contributed by atoms with Crippen molar-refractivity contribution in [3.8, 4) is 11.5 Å². The lowest BCUT2D eigenvalue weighted by Crippen LogP contribution is -2.28. The van der Waals surface area contributed by atoms with Gasteiger partial charge in [0, 0.05) is 12.5 Å². The van der Waals surface area contributed by atoms with Gasteiger partial charge in [-0.1, -0.05) is 77.9 Å². The normalized spacial score (nSPS) is 18.3. The molecule has 0 spiro atoms. The zero-order valence-electron chi connectivity index (χ0n) is 29.0. The molecule has 258 valence electrons. The first-order valence-electron chi connectivity index (χ1n) is 16.4. The second-order valence-electron chi connectivity index (χ2n) is 12.1. The first-order valence-corrected chi connectivity index (χ1v) is 16.4. The number of ether oxygens (including phenoxy) is 6. The van der Waals surface area contributed by atoms with E-state index in [1.54, 1.807) is 26.4 Å². The molecule has 0 saturated carbocycles. The molecule has 7 heteroatoms. The quantitative estimate of drug-likeness (QED) is 0.0610. The van der Waals surface area contributed by atoms with Crippen LogP contribution in [0.1, 0.15) is 57.1 Å². The van der Waals surface area contributed by atoms with Gasteiger partial charge in [0.2, 0.25) is 0 Å². The predicted octanol–water partition coefficient (Wildman–Crippen LogP) is 8.81. The van der Waals surface area contributed by atoms with Crippen LogP contribution in [0.5, 0.6) is 11.5 Å². The Balaban J connectivity index is 1.58. The third kappa shape index (κ3) is 14.3. The highest BCUT2D eigenvalue weighted by atomic mass is 16.6. The van der Waals surface area contributed by atoms with Gasteiger partial charge >= 0.3 is 5.97 Å². The Hall–Kier alpha value is -4.17. The molecule has 48 heavy (non-hydrogen) atoms. The first kappa shape index (κ1) is 38.3. The monoisotopic (exact) mass is 656 g/mol. The Morgan fingerprint density at radius 2 is 1.56 bits per heavy atom. The van der Waals surface area contributed by atoms with E-state index in [2.05, 4.69) is 25.8 Å². The molecule has 0 N–H and O–H groups in total. The third-order valence-electron chi connectivity index (χ3n) is 7.86.